The van der Waals surface area contributed by atoms with Crippen molar-refractivity contribution < 1.29 is 33.8 Å². The monoisotopic (exact) mass is 748 g/mol. The number of imide groups is 1. The molecule has 1 aliphatic heterocycles. The number of urea groups is 1. The van der Waals surface area contributed by atoms with Crippen LogP contribution < -0.4 is 5.32 Å². The second-order valence-electron chi connectivity index (χ2n) is 19.4. The van der Waals surface area contributed by atoms with Crippen LogP contribution in [0.2, 0.25) is 0 Å². The van der Waals surface area contributed by atoms with Gasteiger partial charge in [0, 0.05) is 5.92 Å². The van der Waals surface area contributed by atoms with Gasteiger partial charge in [-0.1, -0.05) is 93.9 Å². The molecule has 55 heavy (non-hydrogen) atoms. The van der Waals surface area contributed by atoms with Crippen molar-refractivity contribution in [1.82, 2.24) is 10.2 Å². The first-order chi connectivity index (χ1) is 25.9. The van der Waals surface area contributed by atoms with Gasteiger partial charge in [-0.05, 0) is 122 Å². The molecule has 0 bridgehead atoms. The maximum atomic E-state index is 15.0. The van der Waals surface area contributed by atoms with Gasteiger partial charge in [-0.25, -0.2) is 4.79 Å². The van der Waals surface area contributed by atoms with E-state index in [1.165, 1.54) is 0 Å². The standard InChI is InChI=1S/C46H56N2O7/c1-41-21-22-42(2,39(53)55-36(28-13-9-7-10-14-28)29-15-11-8-12-16-29)26-31(41)30-25-32(49)37-43(3)19-18-34(48-35(50)27-47-40(48)54)46(6,38(51)52)33(43)17-20-45(37,5)44(30,4)24-23-41/h7-16,25,31,33-34,36-37H,17-24,26-27H2,1-6H3,(H,47,54)(H,51,52)/t31-,33+,34-,37+,41+,42-,43-,44+,45+,46-/m0/s1. The number of carboxylic acid groups (broad SMARTS) is 1. The van der Waals surface area contributed by atoms with E-state index in [1.54, 1.807) is 6.92 Å². The average molecular weight is 749 g/mol. The second-order valence-corrected chi connectivity index (χ2v) is 19.4. The normalized spacial score (nSPS) is 41.0. The number of benzene rings is 2. The van der Waals surface area contributed by atoms with Crippen molar-refractivity contribution >= 4 is 29.7 Å². The van der Waals surface area contributed by atoms with Gasteiger partial charge in [-0.3, -0.25) is 24.1 Å². The minimum atomic E-state index is -1.41. The Bertz CT molecular complexity index is 1930. The number of aliphatic carboxylic acids is 1. The Morgan fingerprint density at radius 3 is 2.02 bits per heavy atom. The Hall–Kier alpha value is -4.27. The molecule has 292 valence electrons. The summed E-state index contributed by atoms with van der Waals surface area (Å²) >= 11 is 0. The molecular weight excluding hydrogens is 693 g/mol. The molecule has 6 aliphatic rings. The van der Waals surface area contributed by atoms with Crippen LogP contribution in [0.3, 0.4) is 0 Å². The average Bonchev–Trinajstić information content (AvgIpc) is 3.49. The van der Waals surface area contributed by atoms with E-state index in [4.69, 9.17) is 4.74 Å². The zero-order valence-electron chi connectivity index (χ0n) is 33.2. The lowest BCUT2D eigenvalue weighted by Gasteiger charge is -2.70. The Labute approximate surface area is 324 Å². The van der Waals surface area contributed by atoms with Crippen LogP contribution in [0, 0.1) is 50.2 Å². The number of nitrogens with one attached hydrogen (secondary N) is 1. The summed E-state index contributed by atoms with van der Waals surface area (Å²) in [6.07, 6.45) is 7.56. The number of carbonyl (C=O) groups is 5. The van der Waals surface area contributed by atoms with Gasteiger partial charge in [0.2, 0.25) is 5.91 Å². The molecule has 3 amide bonds. The number of amides is 3. The Morgan fingerprint density at radius 2 is 1.44 bits per heavy atom. The SMILES string of the molecule is C[C@]1(C(=O)OC(c2ccccc2)c2ccccc2)CC[C@]2(C)CC[C@]3(C)C(=CC(=O)[C@@H]4[C@@]5(C)CC[C@H](N6C(=O)CNC6=O)[C@@](C)(C(=O)O)[C@@H]5CC[C@]43C)[C@@H]2C1. The molecule has 0 spiro atoms. The van der Waals surface area contributed by atoms with E-state index in [0.29, 0.717) is 38.5 Å². The topological polar surface area (TPSA) is 130 Å². The zero-order valence-corrected chi connectivity index (χ0v) is 33.2. The van der Waals surface area contributed by atoms with Crippen molar-refractivity contribution in [3.63, 3.8) is 0 Å². The van der Waals surface area contributed by atoms with Gasteiger partial charge in [0.15, 0.2) is 11.9 Å². The van der Waals surface area contributed by atoms with E-state index in [9.17, 15) is 24.3 Å². The van der Waals surface area contributed by atoms with Crippen molar-refractivity contribution in [3.8, 4) is 0 Å². The number of carboxylic acids is 1. The van der Waals surface area contributed by atoms with Crippen molar-refractivity contribution in [2.45, 2.75) is 111 Å². The van der Waals surface area contributed by atoms with Crippen molar-refractivity contribution in [1.29, 1.82) is 0 Å². The van der Waals surface area contributed by atoms with E-state index < -0.39 is 63.5 Å². The van der Waals surface area contributed by atoms with Gasteiger partial charge in [0.1, 0.15) is 0 Å². The molecule has 5 fully saturated rings. The number of allylic oxidation sites excluding steroid dienone is 2. The summed E-state index contributed by atoms with van der Waals surface area (Å²) in [5, 5.41) is 13.5. The maximum absolute atomic E-state index is 15.0. The van der Waals surface area contributed by atoms with Crippen LogP contribution >= 0.6 is 0 Å². The number of esters is 1. The highest BCUT2D eigenvalue weighted by Gasteiger charge is 2.73. The van der Waals surface area contributed by atoms with E-state index in [1.807, 2.05) is 73.7 Å². The number of hydrogen-bond donors (Lipinski definition) is 2. The minimum Gasteiger partial charge on any atom is -0.481 e. The van der Waals surface area contributed by atoms with Gasteiger partial charge in [0.25, 0.3) is 0 Å². The summed E-state index contributed by atoms with van der Waals surface area (Å²) in [6, 6.07) is 18.4. The van der Waals surface area contributed by atoms with Crippen LogP contribution in [0.5, 0.6) is 0 Å². The molecular formula is C46H56N2O7. The number of carbonyl (C=O) groups excluding carboxylic acids is 4. The summed E-state index contributed by atoms with van der Waals surface area (Å²) < 4.78 is 6.51. The first-order valence-corrected chi connectivity index (χ1v) is 20.3. The molecule has 4 saturated carbocycles. The van der Waals surface area contributed by atoms with E-state index in [-0.39, 0.29) is 35.0 Å². The Kier molecular flexibility index (Phi) is 8.64. The summed E-state index contributed by atoms with van der Waals surface area (Å²) in [5.74, 6) is -2.41. The number of ether oxygens (including phenoxy) is 1. The van der Waals surface area contributed by atoms with Gasteiger partial charge < -0.3 is 15.2 Å². The quantitative estimate of drug-likeness (QED) is 0.225. The van der Waals surface area contributed by atoms with Gasteiger partial charge >= 0.3 is 18.0 Å². The number of hydrogen-bond acceptors (Lipinski definition) is 6. The molecule has 9 heteroatoms. The largest absolute Gasteiger partial charge is 0.481 e. The van der Waals surface area contributed by atoms with Gasteiger partial charge in [0.05, 0.1) is 23.4 Å². The highest BCUT2D eigenvalue weighted by Crippen LogP contribution is 2.75. The highest BCUT2D eigenvalue weighted by molar-refractivity contribution is 6.03. The number of rotatable bonds is 6. The molecule has 5 aliphatic carbocycles. The summed E-state index contributed by atoms with van der Waals surface area (Å²) in [6.45, 7) is 12.7. The van der Waals surface area contributed by atoms with Crippen LogP contribution in [-0.2, 0) is 23.9 Å². The number of fused-ring (bicyclic) bond motifs is 7. The third-order valence-electron chi connectivity index (χ3n) is 16.8. The molecule has 10 atom stereocenters. The molecule has 9 nitrogen and oxygen atoms in total. The predicted molar refractivity (Wildman–Crippen MR) is 206 cm³/mol. The molecule has 8 rings (SSSR count). The lowest BCUT2D eigenvalue weighted by Crippen LogP contribution is -2.69. The smallest absolute Gasteiger partial charge is 0.324 e. The van der Waals surface area contributed by atoms with Gasteiger partial charge in [-0.15, -0.1) is 0 Å². The van der Waals surface area contributed by atoms with Crippen molar-refractivity contribution in [3.05, 3.63) is 83.4 Å². The minimum absolute atomic E-state index is 0.0106. The van der Waals surface area contributed by atoms with Crippen LogP contribution in [0.1, 0.15) is 117 Å². The summed E-state index contributed by atoms with van der Waals surface area (Å²) in [7, 11) is 0. The molecule has 0 radical (unpaired) electrons. The molecule has 1 heterocycles. The molecule has 2 aromatic rings. The summed E-state index contributed by atoms with van der Waals surface area (Å²) in [5.41, 5.74) is -0.696. The van der Waals surface area contributed by atoms with Crippen LogP contribution in [0.4, 0.5) is 4.79 Å². The number of ketones is 1. The maximum Gasteiger partial charge on any atom is 0.324 e. The van der Waals surface area contributed by atoms with E-state index >= 15 is 4.79 Å². The molecule has 2 aromatic carbocycles. The van der Waals surface area contributed by atoms with Gasteiger partial charge in [-0.2, -0.15) is 0 Å². The lowest BCUT2D eigenvalue weighted by atomic mass is 9.33. The first kappa shape index (κ1) is 37.6. The van der Waals surface area contributed by atoms with E-state index in [0.717, 1.165) is 40.9 Å². The lowest BCUT2D eigenvalue weighted by molar-refractivity contribution is -0.206. The third-order valence-corrected chi connectivity index (χ3v) is 16.8. The van der Waals surface area contributed by atoms with Crippen molar-refractivity contribution in [2.24, 2.45) is 50.2 Å². The van der Waals surface area contributed by atoms with Crippen LogP contribution in [0.15, 0.2) is 72.3 Å². The Morgan fingerprint density at radius 1 is 0.818 bits per heavy atom. The molecule has 0 aromatic heterocycles. The Balaban J connectivity index is 1.13. The highest BCUT2D eigenvalue weighted by atomic mass is 16.5. The fraction of sp³-hybridized carbons (Fsp3) is 0.587. The second kappa shape index (κ2) is 12.6. The van der Waals surface area contributed by atoms with Crippen LogP contribution in [0.25, 0.3) is 0 Å². The van der Waals surface area contributed by atoms with Crippen LogP contribution in [-0.4, -0.2) is 52.3 Å². The molecule has 2 N–H and O–H groups in total. The first-order valence-electron chi connectivity index (χ1n) is 20.3. The van der Waals surface area contributed by atoms with Crippen molar-refractivity contribution in [2.75, 3.05) is 6.54 Å². The van der Waals surface area contributed by atoms with E-state index in [2.05, 4.69) is 33.0 Å². The fourth-order valence-corrected chi connectivity index (χ4v) is 13.3. The summed E-state index contributed by atoms with van der Waals surface area (Å²) in [4.78, 5) is 69.9. The molecule has 0 unspecified atom stereocenters. The predicted octanol–water partition coefficient (Wildman–Crippen LogP) is 8.29. The molecule has 1 saturated heterocycles. The zero-order chi connectivity index (χ0) is 39.3. The fourth-order valence-electron chi connectivity index (χ4n) is 13.3. The third kappa shape index (κ3) is 5.26. The number of nitrogens with zero attached hydrogens (tertiary/aromatic N) is 1.